The molecule has 0 aliphatic heterocycles. The van der Waals surface area contributed by atoms with Crippen LogP contribution < -0.4 is 4.74 Å². The molecule has 0 fully saturated rings. The van der Waals surface area contributed by atoms with Crippen LogP contribution in [0.15, 0.2) is 18.3 Å². The molecule has 0 aliphatic rings. The maximum absolute atomic E-state index is 11.0. The van der Waals surface area contributed by atoms with Crippen molar-refractivity contribution in [2.75, 3.05) is 7.11 Å². The summed E-state index contributed by atoms with van der Waals surface area (Å²) in [6.45, 7) is 1.98. The van der Waals surface area contributed by atoms with Gasteiger partial charge in [-0.15, -0.1) is 0 Å². The number of rotatable bonds is 6. The zero-order valence-corrected chi connectivity index (χ0v) is 9.64. The molecule has 0 bridgehead atoms. The number of carboxylic acid groups (broad SMARTS) is 1. The molecule has 1 aromatic rings. The first kappa shape index (κ1) is 12.5. The molecule has 1 aromatic heterocycles. The number of carbonyl (C=O) groups is 1. The first-order valence-electron chi connectivity index (χ1n) is 5.39. The maximum atomic E-state index is 11.0. The number of aromatic nitrogens is 1. The van der Waals surface area contributed by atoms with Crippen molar-refractivity contribution in [2.45, 2.75) is 26.2 Å². The lowest BCUT2D eigenvalue weighted by Crippen LogP contribution is -2.16. The Hall–Kier alpha value is -1.58. The summed E-state index contributed by atoms with van der Waals surface area (Å²) >= 11 is 0. The van der Waals surface area contributed by atoms with Crippen LogP contribution in [0.1, 0.15) is 25.3 Å². The largest absolute Gasteiger partial charge is 0.481 e. The molecular weight excluding hydrogens is 206 g/mol. The Morgan fingerprint density at radius 3 is 2.94 bits per heavy atom. The molecule has 0 radical (unpaired) electrons. The van der Waals surface area contributed by atoms with Gasteiger partial charge in [-0.3, -0.25) is 4.79 Å². The molecule has 1 rings (SSSR count). The molecule has 1 heterocycles. The van der Waals surface area contributed by atoms with Gasteiger partial charge in [0.25, 0.3) is 0 Å². The molecule has 0 aromatic carbocycles. The van der Waals surface area contributed by atoms with E-state index in [1.807, 2.05) is 13.0 Å². The molecular formula is C12H17NO3. The van der Waals surface area contributed by atoms with Gasteiger partial charge in [0.1, 0.15) is 0 Å². The van der Waals surface area contributed by atoms with Crippen LogP contribution in [0.2, 0.25) is 0 Å². The highest BCUT2D eigenvalue weighted by atomic mass is 16.5. The van der Waals surface area contributed by atoms with Crippen molar-refractivity contribution >= 4 is 5.97 Å². The Balaban J connectivity index is 2.80. The number of carboxylic acids is 1. The molecule has 16 heavy (non-hydrogen) atoms. The minimum Gasteiger partial charge on any atom is -0.481 e. The first-order valence-corrected chi connectivity index (χ1v) is 5.39. The number of pyridine rings is 1. The van der Waals surface area contributed by atoms with Crippen LogP contribution >= 0.6 is 0 Å². The van der Waals surface area contributed by atoms with Crippen LogP contribution in [0.5, 0.6) is 5.88 Å². The SMILES string of the molecule is CCCC(Cc1cccnc1OC)C(=O)O. The number of nitrogens with zero attached hydrogens (tertiary/aromatic N) is 1. The molecule has 4 heteroatoms. The van der Waals surface area contributed by atoms with Gasteiger partial charge in [0, 0.05) is 11.8 Å². The first-order chi connectivity index (χ1) is 7.69. The number of methoxy groups -OCH3 is 1. The molecule has 0 spiro atoms. The third-order valence-corrected chi connectivity index (χ3v) is 2.50. The smallest absolute Gasteiger partial charge is 0.306 e. The average Bonchev–Trinajstić information content (AvgIpc) is 2.29. The summed E-state index contributed by atoms with van der Waals surface area (Å²) < 4.78 is 5.10. The summed E-state index contributed by atoms with van der Waals surface area (Å²) in [5.41, 5.74) is 0.853. The molecule has 4 nitrogen and oxygen atoms in total. The molecule has 1 N–H and O–H groups in total. The van der Waals surface area contributed by atoms with Crippen molar-refractivity contribution in [3.8, 4) is 5.88 Å². The second kappa shape index (κ2) is 6.10. The lowest BCUT2D eigenvalue weighted by Gasteiger charge is -2.12. The molecule has 0 amide bonds. The molecule has 0 saturated carbocycles. The monoisotopic (exact) mass is 223 g/mol. The fourth-order valence-electron chi connectivity index (χ4n) is 1.69. The predicted molar refractivity (Wildman–Crippen MR) is 60.5 cm³/mol. The highest BCUT2D eigenvalue weighted by Crippen LogP contribution is 2.20. The van der Waals surface area contributed by atoms with E-state index < -0.39 is 5.97 Å². The number of aliphatic carboxylic acids is 1. The topological polar surface area (TPSA) is 59.4 Å². The highest BCUT2D eigenvalue weighted by molar-refractivity contribution is 5.70. The zero-order valence-electron chi connectivity index (χ0n) is 9.64. The fourth-order valence-corrected chi connectivity index (χ4v) is 1.69. The minimum atomic E-state index is -0.757. The maximum Gasteiger partial charge on any atom is 0.306 e. The van der Waals surface area contributed by atoms with Crippen molar-refractivity contribution in [3.63, 3.8) is 0 Å². The van der Waals surface area contributed by atoms with Gasteiger partial charge < -0.3 is 9.84 Å². The van der Waals surface area contributed by atoms with Crippen LogP contribution in [0.25, 0.3) is 0 Å². The van der Waals surface area contributed by atoms with Crippen molar-refractivity contribution in [1.29, 1.82) is 0 Å². The third kappa shape index (κ3) is 3.22. The lowest BCUT2D eigenvalue weighted by atomic mass is 9.96. The summed E-state index contributed by atoms with van der Waals surface area (Å²) in [6, 6.07) is 3.65. The van der Waals surface area contributed by atoms with E-state index in [4.69, 9.17) is 9.84 Å². The Labute approximate surface area is 95.3 Å². The van der Waals surface area contributed by atoms with Crippen molar-refractivity contribution in [1.82, 2.24) is 4.98 Å². The van der Waals surface area contributed by atoms with Gasteiger partial charge in [-0.05, 0) is 18.9 Å². The zero-order chi connectivity index (χ0) is 12.0. The van der Waals surface area contributed by atoms with Crippen LogP contribution in [0, 0.1) is 5.92 Å². The van der Waals surface area contributed by atoms with E-state index in [1.165, 1.54) is 0 Å². The van der Waals surface area contributed by atoms with Gasteiger partial charge >= 0.3 is 5.97 Å². The van der Waals surface area contributed by atoms with Crippen LogP contribution in [-0.2, 0) is 11.2 Å². The second-order valence-corrected chi connectivity index (χ2v) is 3.70. The number of ether oxygens (including phenoxy) is 1. The minimum absolute atomic E-state index is 0.358. The van der Waals surface area contributed by atoms with Crippen molar-refractivity contribution in [3.05, 3.63) is 23.9 Å². The highest BCUT2D eigenvalue weighted by Gasteiger charge is 2.18. The molecule has 88 valence electrons. The van der Waals surface area contributed by atoms with E-state index in [-0.39, 0.29) is 5.92 Å². The van der Waals surface area contributed by atoms with Crippen molar-refractivity contribution < 1.29 is 14.6 Å². The summed E-state index contributed by atoms with van der Waals surface area (Å²) in [5.74, 6) is -0.597. The molecule has 1 atom stereocenters. The van der Waals surface area contributed by atoms with Crippen LogP contribution in [-0.4, -0.2) is 23.2 Å². The predicted octanol–water partition coefficient (Wildman–Crippen LogP) is 2.13. The Bertz CT molecular complexity index is 352. The number of hydrogen-bond acceptors (Lipinski definition) is 3. The summed E-state index contributed by atoms with van der Waals surface area (Å²) in [6.07, 6.45) is 3.64. The van der Waals surface area contributed by atoms with Crippen molar-refractivity contribution in [2.24, 2.45) is 5.92 Å². The van der Waals surface area contributed by atoms with Gasteiger partial charge in [0.05, 0.1) is 13.0 Å². The molecule has 0 saturated heterocycles. The van der Waals surface area contributed by atoms with Crippen LogP contribution in [0.4, 0.5) is 0 Å². The summed E-state index contributed by atoms with van der Waals surface area (Å²) in [5, 5.41) is 9.07. The van der Waals surface area contributed by atoms with E-state index in [2.05, 4.69) is 4.98 Å². The Kier molecular flexibility index (Phi) is 4.76. The molecule has 0 aliphatic carbocycles. The summed E-state index contributed by atoms with van der Waals surface area (Å²) in [7, 11) is 1.54. The number of hydrogen-bond donors (Lipinski definition) is 1. The van der Waals surface area contributed by atoms with E-state index in [9.17, 15) is 4.79 Å². The standard InChI is InChI=1S/C12H17NO3/c1-3-5-10(12(14)15)8-9-6-4-7-13-11(9)16-2/h4,6-7,10H,3,5,8H2,1-2H3,(H,14,15). The van der Waals surface area contributed by atoms with Gasteiger partial charge in [-0.25, -0.2) is 4.98 Å². The fraction of sp³-hybridized carbons (Fsp3) is 0.500. The van der Waals surface area contributed by atoms with Gasteiger partial charge in [-0.2, -0.15) is 0 Å². The van der Waals surface area contributed by atoms with Gasteiger partial charge in [0.2, 0.25) is 5.88 Å². The Morgan fingerprint density at radius 1 is 1.62 bits per heavy atom. The third-order valence-electron chi connectivity index (χ3n) is 2.50. The van der Waals surface area contributed by atoms with E-state index in [1.54, 1.807) is 19.4 Å². The Morgan fingerprint density at radius 2 is 2.38 bits per heavy atom. The van der Waals surface area contributed by atoms with Crippen LogP contribution in [0.3, 0.4) is 0 Å². The lowest BCUT2D eigenvalue weighted by molar-refractivity contribution is -0.141. The van der Waals surface area contributed by atoms with E-state index in [0.29, 0.717) is 18.7 Å². The van der Waals surface area contributed by atoms with E-state index >= 15 is 0 Å². The van der Waals surface area contributed by atoms with Gasteiger partial charge in [0.15, 0.2) is 0 Å². The average molecular weight is 223 g/mol. The second-order valence-electron chi connectivity index (χ2n) is 3.70. The van der Waals surface area contributed by atoms with Gasteiger partial charge in [-0.1, -0.05) is 19.4 Å². The normalized spacial score (nSPS) is 12.1. The van der Waals surface area contributed by atoms with E-state index in [0.717, 1.165) is 12.0 Å². The quantitative estimate of drug-likeness (QED) is 0.802. The molecule has 1 unspecified atom stereocenters. The summed E-state index contributed by atoms with van der Waals surface area (Å²) in [4.78, 5) is 15.1.